The standard InChI is InChI=1S/C13H20N2O4/c16-11-6-10(7-14-11)13(19)15-5-1-2-9(8-15)3-4-12(17)18/h9-10H,1-8H2,(H,14,16)(H,17,18). The van der Waals surface area contributed by atoms with Crippen LogP contribution in [0.1, 0.15) is 32.1 Å². The first-order valence-corrected chi connectivity index (χ1v) is 6.83. The normalized spacial score (nSPS) is 27.2. The molecule has 2 aliphatic heterocycles. The second-order valence-corrected chi connectivity index (χ2v) is 5.43. The van der Waals surface area contributed by atoms with Crippen molar-refractivity contribution in [3.8, 4) is 0 Å². The first-order valence-electron chi connectivity index (χ1n) is 6.83. The number of carboxylic acids is 1. The maximum atomic E-state index is 12.2. The van der Waals surface area contributed by atoms with Crippen molar-refractivity contribution in [1.29, 1.82) is 0 Å². The van der Waals surface area contributed by atoms with Gasteiger partial charge in [0.1, 0.15) is 0 Å². The van der Waals surface area contributed by atoms with Gasteiger partial charge in [0.15, 0.2) is 0 Å². The molecule has 0 bridgehead atoms. The molecule has 0 aromatic carbocycles. The Labute approximate surface area is 112 Å². The van der Waals surface area contributed by atoms with Crippen LogP contribution >= 0.6 is 0 Å². The lowest BCUT2D eigenvalue weighted by atomic mass is 9.92. The average Bonchev–Trinajstić information content (AvgIpc) is 2.82. The van der Waals surface area contributed by atoms with Crippen LogP contribution in [0.4, 0.5) is 0 Å². The molecule has 2 rings (SSSR count). The van der Waals surface area contributed by atoms with Gasteiger partial charge in [-0.25, -0.2) is 0 Å². The third-order valence-corrected chi connectivity index (χ3v) is 3.92. The molecule has 0 aliphatic carbocycles. The summed E-state index contributed by atoms with van der Waals surface area (Å²) in [6.07, 6.45) is 2.98. The SMILES string of the molecule is O=C(O)CCC1CCCN(C(=O)C2CNC(=O)C2)C1. The number of hydrogen-bond donors (Lipinski definition) is 2. The number of rotatable bonds is 4. The molecule has 2 fully saturated rings. The van der Waals surface area contributed by atoms with Crippen molar-refractivity contribution >= 4 is 17.8 Å². The van der Waals surface area contributed by atoms with Crippen LogP contribution in [0.5, 0.6) is 0 Å². The lowest BCUT2D eigenvalue weighted by Gasteiger charge is -2.34. The van der Waals surface area contributed by atoms with Crippen LogP contribution in [0.15, 0.2) is 0 Å². The molecule has 2 heterocycles. The Hall–Kier alpha value is -1.59. The molecule has 0 radical (unpaired) electrons. The van der Waals surface area contributed by atoms with E-state index < -0.39 is 5.97 Å². The molecule has 19 heavy (non-hydrogen) atoms. The van der Waals surface area contributed by atoms with Crippen molar-refractivity contribution in [1.82, 2.24) is 10.2 Å². The number of amides is 2. The van der Waals surface area contributed by atoms with Crippen molar-refractivity contribution in [3.05, 3.63) is 0 Å². The third kappa shape index (κ3) is 3.68. The summed E-state index contributed by atoms with van der Waals surface area (Å²) in [7, 11) is 0. The zero-order valence-electron chi connectivity index (χ0n) is 10.9. The molecule has 0 aromatic rings. The fourth-order valence-electron chi connectivity index (χ4n) is 2.87. The largest absolute Gasteiger partial charge is 0.481 e. The highest BCUT2D eigenvalue weighted by molar-refractivity contribution is 5.89. The minimum atomic E-state index is -0.783. The van der Waals surface area contributed by atoms with Gasteiger partial charge in [-0.1, -0.05) is 0 Å². The Kier molecular flexibility index (Phi) is 4.39. The summed E-state index contributed by atoms with van der Waals surface area (Å²) in [6, 6.07) is 0. The summed E-state index contributed by atoms with van der Waals surface area (Å²) in [5.74, 6) is -0.755. The van der Waals surface area contributed by atoms with E-state index in [9.17, 15) is 14.4 Å². The molecule has 2 atom stereocenters. The second kappa shape index (κ2) is 6.04. The van der Waals surface area contributed by atoms with Gasteiger partial charge in [-0.3, -0.25) is 14.4 Å². The van der Waals surface area contributed by atoms with E-state index in [-0.39, 0.29) is 36.5 Å². The summed E-state index contributed by atoms with van der Waals surface area (Å²) in [4.78, 5) is 35.8. The number of aliphatic carboxylic acids is 1. The molecule has 6 heteroatoms. The summed E-state index contributed by atoms with van der Waals surface area (Å²) in [5, 5.41) is 11.4. The number of nitrogens with zero attached hydrogens (tertiary/aromatic N) is 1. The first kappa shape index (κ1) is 13.8. The molecule has 0 spiro atoms. The number of nitrogens with one attached hydrogen (secondary N) is 1. The fraction of sp³-hybridized carbons (Fsp3) is 0.769. The molecule has 0 saturated carbocycles. The number of carboxylic acid groups (broad SMARTS) is 1. The van der Waals surface area contributed by atoms with Crippen molar-refractivity contribution in [2.75, 3.05) is 19.6 Å². The van der Waals surface area contributed by atoms with Gasteiger partial charge >= 0.3 is 5.97 Å². The van der Waals surface area contributed by atoms with E-state index in [1.807, 2.05) is 0 Å². The molecule has 2 unspecified atom stereocenters. The van der Waals surface area contributed by atoms with Crippen LogP contribution in [0.3, 0.4) is 0 Å². The van der Waals surface area contributed by atoms with Gasteiger partial charge in [0.25, 0.3) is 0 Å². The summed E-state index contributed by atoms with van der Waals surface area (Å²) >= 11 is 0. The van der Waals surface area contributed by atoms with Crippen molar-refractivity contribution in [2.24, 2.45) is 11.8 Å². The van der Waals surface area contributed by atoms with E-state index in [2.05, 4.69) is 5.32 Å². The predicted octanol–water partition coefficient (Wildman–Crippen LogP) is 0.226. The summed E-state index contributed by atoms with van der Waals surface area (Å²) in [5.41, 5.74) is 0. The highest BCUT2D eigenvalue weighted by Crippen LogP contribution is 2.23. The molecule has 106 valence electrons. The van der Waals surface area contributed by atoms with Crippen LogP contribution in [0, 0.1) is 11.8 Å². The number of carbonyl (C=O) groups is 3. The lowest BCUT2D eigenvalue weighted by Crippen LogP contribution is -2.43. The number of piperidine rings is 1. The zero-order chi connectivity index (χ0) is 13.8. The maximum Gasteiger partial charge on any atom is 0.303 e. The third-order valence-electron chi connectivity index (χ3n) is 3.92. The van der Waals surface area contributed by atoms with E-state index in [0.29, 0.717) is 19.5 Å². The molecule has 0 aromatic heterocycles. The molecular formula is C13H20N2O4. The Morgan fingerprint density at radius 3 is 2.84 bits per heavy atom. The van der Waals surface area contributed by atoms with Gasteiger partial charge < -0.3 is 15.3 Å². The molecular weight excluding hydrogens is 248 g/mol. The molecule has 2 N–H and O–H groups in total. The van der Waals surface area contributed by atoms with E-state index in [1.165, 1.54) is 0 Å². The van der Waals surface area contributed by atoms with Crippen LogP contribution in [0.25, 0.3) is 0 Å². The summed E-state index contributed by atoms with van der Waals surface area (Å²) in [6.45, 7) is 1.80. The maximum absolute atomic E-state index is 12.2. The Balaban J connectivity index is 1.84. The van der Waals surface area contributed by atoms with Crippen LogP contribution in [0.2, 0.25) is 0 Å². The number of likely N-dealkylation sites (tertiary alicyclic amines) is 1. The van der Waals surface area contributed by atoms with E-state index in [4.69, 9.17) is 5.11 Å². The van der Waals surface area contributed by atoms with Gasteiger partial charge in [0.2, 0.25) is 11.8 Å². The Bertz CT molecular complexity index is 383. The zero-order valence-corrected chi connectivity index (χ0v) is 10.9. The van der Waals surface area contributed by atoms with Gasteiger partial charge in [-0.2, -0.15) is 0 Å². The smallest absolute Gasteiger partial charge is 0.303 e. The predicted molar refractivity (Wildman–Crippen MR) is 67.3 cm³/mol. The highest BCUT2D eigenvalue weighted by atomic mass is 16.4. The second-order valence-electron chi connectivity index (χ2n) is 5.43. The van der Waals surface area contributed by atoms with Gasteiger partial charge in [-0.05, 0) is 25.2 Å². The molecule has 2 saturated heterocycles. The highest BCUT2D eigenvalue weighted by Gasteiger charge is 2.33. The quantitative estimate of drug-likeness (QED) is 0.764. The monoisotopic (exact) mass is 268 g/mol. The van der Waals surface area contributed by atoms with Crippen molar-refractivity contribution < 1.29 is 19.5 Å². The summed E-state index contributed by atoms with van der Waals surface area (Å²) < 4.78 is 0. The van der Waals surface area contributed by atoms with Crippen molar-refractivity contribution in [2.45, 2.75) is 32.1 Å². The van der Waals surface area contributed by atoms with E-state index in [1.54, 1.807) is 4.90 Å². The Morgan fingerprint density at radius 2 is 2.21 bits per heavy atom. The molecule has 2 amide bonds. The fourth-order valence-corrected chi connectivity index (χ4v) is 2.87. The number of carbonyl (C=O) groups excluding carboxylic acids is 2. The number of hydrogen-bond acceptors (Lipinski definition) is 3. The van der Waals surface area contributed by atoms with Crippen molar-refractivity contribution in [3.63, 3.8) is 0 Å². The minimum absolute atomic E-state index is 0.0402. The first-order chi connectivity index (χ1) is 9.06. The van der Waals surface area contributed by atoms with Gasteiger partial charge in [-0.15, -0.1) is 0 Å². The van der Waals surface area contributed by atoms with Gasteiger partial charge in [0.05, 0.1) is 5.92 Å². The molecule has 2 aliphatic rings. The van der Waals surface area contributed by atoms with Gasteiger partial charge in [0, 0.05) is 32.5 Å². The van der Waals surface area contributed by atoms with Crippen LogP contribution in [-0.2, 0) is 14.4 Å². The van der Waals surface area contributed by atoms with Crippen LogP contribution in [-0.4, -0.2) is 47.4 Å². The molecule has 6 nitrogen and oxygen atoms in total. The minimum Gasteiger partial charge on any atom is -0.481 e. The van der Waals surface area contributed by atoms with E-state index in [0.717, 1.165) is 19.4 Å². The lowest BCUT2D eigenvalue weighted by molar-refractivity contribution is -0.138. The van der Waals surface area contributed by atoms with Crippen LogP contribution < -0.4 is 5.32 Å². The topological polar surface area (TPSA) is 86.7 Å². The Morgan fingerprint density at radius 1 is 1.42 bits per heavy atom. The van der Waals surface area contributed by atoms with E-state index >= 15 is 0 Å². The average molecular weight is 268 g/mol.